The van der Waals surface area contributed by atoms with E-state index in [0.717, 1.165) is 35.8 Å². The number of nitrogens with one attached hydrogen (secondary N) is 3. The molecule has 60 heavy (non-hydrogen) atoms. The predicted octanol–water partition coefficient (Wildman–Crippen LogP) is 13.9. The number of allylic oxidation sites excluding steroid dienone is 2. The number of fused-ring (bicyclic) bond motifs is 2. The van der Waals surface area contributed by atoms with Crippen molar-refractivity contribution < 1.29 is 35.9 Å². The van der Waals surface area contributed by atoms with Gasteiger partial charge in [-0.25, -0.2) is 0 Å². The fraction of sp³-hybridized carbons (Fsp3) is 0.256. The van der Waals surface area contributed by atoms with E-state index in [0.29, 0.717) is 32.1 Å². The molecule has 9 nitrogen and oxygen atoms in total. The summed E-state index contributed by atoms with van der Waals surface area (Å²) in [6.07, 6.45) is 0. The van der Waals surface area contributed by atoms with Gasteiger partial charge in [-0.05, 0) is 75.5 Å². The first-order valence-corrected chi connectivity index (χ1v) is 20.3. The average Bonchev–Trinajstić information content (AvgIpc) is 3.72. The van der Waals surface area contributed by atoms with Crippen molar-refractivity contribution in [3.8, 4) is 0 Å². The van der Waals surface area contributed by atoms with Crippen LogP contribution in [0.2, 0.25) is 0 Å². The SMILES string of the molecule is CC(=O)Nc1ccccc1N=Nc1ccc2c(C3=C(c4c(C)sc5cc(N=Nc6ccccc6NC(C)=O)ccc45)C(F)(F)C(F)(F)C3(F)F)c(C)sc2c1.CCNCC. The number of azo groups is 2. The van der Waals surface area contributed by atoms with Gasteiger partial charge in [-0.15, -0.1) is 32.9 Å². The summed E-state index contributed by atoms with van der Waals surface area (Å²) < 4.78 is 96.0. The Balaban J connectivity index is 0.00000114. The van der Waals surface area contributed by atoms with Crippen LogP contribution in [0.15, 0.2) is 105 Å². The van der Waals surface area contributed by atoms with E-state index in [-0.39, 0.29) is 43.7 Å². The monoisotopic (exact) mass is 863 g/mol. The smallest absolute Gasteiger partial charge is 0.324 e. The second kappa shape index (κ2) is 17.4. The zero-order chi connectivity index (χ0) is 43.6. The van der Waals surface area contributed by atoms with Gasteiger partial charge in [0.05, 0.1) is 22.7 Å². The Morgan fingerprint density at radius 3 is 1.32 bits per heavy atom. The molecule has 6 aromatic rings. The van der Waals surface area contributed by atoms with E-state index in [9.17, 15) is 9.59 Å². The number of halogens is 6. The maximum absolute atomic E-state index is 16.1. The van der Waals surface area contributed by atoms with Crippen molar-refractivity contribution in [3.63, 3.8) is 0 Å². The van der Waals surface area contributed by atoms with Crippen molar-refractivity contribution in [2.75, 3.05) is 23.7 Å². The normalized spacial score (nSPS) is 15.5. The van der Waals surface area contributed by atoms with Gasteiger partial charge in [0.1, 0.15) is 11.4 Å². The molecule has 0 unspecified atom stereocenters. The fourth-order valence-corrected chi connectivity index (χ4v) is 8.94. The maximum atomic E-state index is 16.1. The Hall–Kier alpha value is -5.78. The molecule has 2 amide bonds. The summed E-state index contributed by atoms with van der Waals surface area (Å²) in [5.74, 6) is -16.9. The number of anilines is 2. The third kappa shape index (κ3) is 8.33. The van der Waals surface area contributed by atoms with Gasteiger partial charge in [0, 0.05) is 66.0 Å². The molecule has 4 aromatic carbocycles. The van der Waals surface area contributed by atoms with E-state index in [1.54, 1.807) is 48.5 Å². The summed E-state index contributed by atoms with van der Waals surface area (Å²) in [6, 6.07) is 21.9. The number of hydrogen-bond donors (Lipinski definition) is 3. The molecule has 3 N–H and O–H groups in total. The van der Waals surface area contributed by atoms with Crippen LogP contribution in [-0.4, -0.2) is 42.7 Å². The van der Waals surface area contributed by atoms with Crippen LogP contribution in [-0.2, 0) is 9.59 Å². The third-order valence-electron chi connectivity index (χ3n) is 9.34. The highest BCUT2D eigenvalue weighted by atomic mass is 32.1. The van der Waals surface area contributed by atoms with E-state index in [1.165, 1.54) is 64.1 Å². The predicted molar refractivity (Wildman–Crippen MR) is 229 cm³/mol. The minimum absolute atomic E-state index is 0.0696. The van der Waals surface area contributed by atoms with Crippen LogP contribution < -0.4 is 16.0 Å². The molecule has 2 heterocycles. The van der Waals surface area contributed by atoms with Crippen LogP contribution in [0, 0.1) is 13.8 Å². The van der Waals surface area contributed by atoms with Gasteiger partial charge < -0.3 is 16.0 Å². The van der Waals surface area contributed by atoms with E-state index in [1.807, 2.05) is 0 Å². The van der Waals surface area contributed by atoms with Crippen molar-refractivity contribution in [3.05, 3.63) is 106 Å². The lowest BCUT2D eigenvalue weighted by Crippen LogP contribution is -2.48. The number of para-hydroxylation sites is 2. The molecule has 312 valence electrons. The van der Waals surface area contributed by atoms with Gasteiger partial charge in [0.15, 0.2) is 0 Å². The van der Waals surface area contributed by atoms with Gasteiger partial charge in [0.25, 0.3) is 0 Å². The van der Waals surface area contributed by atoms with Gasteiger partial charge in [-0.1, -0.05) is 50.2 Å². The zero-order valence-corrected chi connectivity index (χ0v) is 34.8. The minimum Gasteiger partial charge on any atom is -0.324 e. The lowest BCUT2D eigenvalue weighted by Gasteiger charge is -2.26. The van der Waals surface area contributed by atoms with Crippen molar-refractivity contribution >= 4 is 99.9 Å². The first-order chi connectivity index (χ1) is 28.4. The van der Waals surface area contributed by atoms with Gasteiger partial charge >= 0.3 is 17.8 Å². The second-order valence-corrected chi connectivity index (χ2v) is 16.2. The second-order valence-electron chi connectivity index (χ2n) is 13.7. The summed E-state index contributed by atoms with van der Waals surface area (Å²) in [5.41, 5.74) is -1.66. The molecule has 0 saturated heterocycles. The Bertz CT molecular complexity index is 2530. The number of aryl methyl sites for hydroxylation is 2. The highest BCUT2D eigenvalue weighted by Crippen LogP contribution is 2.67. The first-order valence-electron chi connectivity index (χ1n) is 18.7. The molecule has 2 aromatic heterocycles. The van der Waals surface area contributed by atoms with E-state index >= 15 is 26.3 Å². The number of hydrogen-bond acceptors (Lipinski definition) is 9. The summed E-state index contributed by atoms with van der Waals surface area (Å²) in [7, 11) is 0. The molecule has 0 aliphatic heterocycles. The van der Waals surface area contributed by atoms with Crippen LogP contribution in [0.4, 0.5) is 60.5 Å². The van der Waals surface area contributed by atoms with Crippen molar-refractivity contribution in [2.45, 2.75) is 59.3 Å². The number of amides is 2. The van der Waals surface area contributed by atoms with Gasteiger partial charge in [-0.2, -0.15) is 36.6 Å². The third-order valence-corrected chi connectivity index (χ3v) is 11.5. The summed E-state index contributed by atoms with van der Waals surface area (Å²) >= 11 is 1.94. The Morgan fingerprint density at radius 2 is 0.967 bits per heavy atom. The number of alkyl halides is 6. The molecule has 0 atom stereocenters. The summed E-state index contributed by atoms with van der Waals surface area (Å²) in [4.78, 5) is 23.5. The Morgan fingerprint density at radius 1 is 0.583 bits per heavy atom. The molecular weight excluding hydrogens is 825 g/mol. The van der Waals surface area contributed by atoms with E-state index in [2.05, 4.69) is 50.3 Å². The highest BCUT2D eigenvalue weighted by Gasteiger charge is 2.80. The molecule has 7 rings (SSSR count). The molecule has 0 fully saturated rings. The topological polar surface area (TPSA) is 120 Å². The largest absolute Gasteiger partial charge is 0.380 e. The fourth-order valence-electron chi connectivity index (χ4n) is 6.74. The lowest BCUT2D eigenvalue weighted by atomic mass is 9.91. The lowest BCUT2D eigenvalue weighted by molar-refractivity contribution is -0.254. The average molecular weight is 864 g/mol. The molecule has 17 heteroatoms. The van der Waals surface area contributed by atoms with Crippen LogP contribution in [0.3, 0.4) is 0 Å². The molecule has 1 aliphatic carbocycles. The molecular formula is C43H39F6N7O2S2. The Kier molecular flexibility index (Phi) is 12.7. The molecule has 0 saturated carbocycles. The molecule has 0 spiro atoms. The summed E-state index contributed by atoms with van der Waals surface area (Å²) in [6.45, 7) is 11.9. The zero-order valence-electron chi connectivity index (χ0n) is 33.2. The number of thiophene rings is 2. The Labute approximate surface area is 349 Å². The van der Waals surface area contributed by atoms with Crippen molar-refractivity contribution in [2.24, 2.45) is 20.5 Å². The number of carbonyl (C=O) groups excluding carboxylic acids is 2. The molecule has 1 aliphatic rings. The van der Waals surface area contributed by atoms with Crippen LogP contribution in [0.25, 0.3) is 31.3 Å². The van der Waals surface area contributed by atoms with Crippen LogP contribution in [0.5, 0.6) is 0 Å². The molecule has 0 bridgehead atoms. The highest BCUT2D eigenvalue weighted by molar-refractivity contribution is 7.19. The van der Waals surface area contributed by atoms with E-state index in [4.69, 9.17) is 0 Å². The minimum atomic E-state index is -5.75. The van der Waals surface area contributed by atoms with Crippen LogP contribution >= 0.6 is 22.7 Å². The van der Waals surface area contributed by atoms with Gasteiger partial charge in [0.2, 0.25) is 11.8 Å². The van der Waals surface area contributed by atoms with Crippen molar-refractivity contribution in [1.29, 1.82) is 0 Å². The standard InChI is InChI=1S/C39H28F6N6O2S2.C4H11N/c1-19-33(25-15-13-23(17-31(25)54-19)48-50-29-11-7-5-9-27(29)46-21(3)52)35-36(38(42,43)39(44,45)37(35,40)41)34-20(2)55-32-18-24(14-16-26(32)34)49-51-30-12-8-6-10-28(30)47-22(4)53;1-3-5-4-2/h5-18H,1-4H3,(H,46,52)(H,47,53);5H,3-4H2,1-2H3. The molecule has 0 radical (unpaired) electrons. The number of rotatable bonds is 10. The maximum Gasteiger partial charge on any atom is 0.380 e. The first kappa shape index (κ1) is 43.8. The van der Waals surface area contributed by atoms with Crippen molar-refractivity contribution in [1.82, 2.24) is 5.32 Å². The number of nitrogens with zero attached hydrogens (tertiary/aromatic N) is 4. The number of carbonyl (C=O) groups is 2. The van der Waals surface area contributed by atoms with E-state index < -0.39 is 40.0 Å². The number of benzene rings is 4. The van der Waals surface area contributed by atoms with Gasteiger partial charge in [-0.3, -0.25) is 9.59 Å². The summed E-state index contributed by atoms with van der Waals surface area (Å²) in [5, 5.41) is 25.4. The quantitative estimate of drug-likeness (QED) is 0.0939. The van der Waals surface area contributed by atoms with Crippen LogP contribution in [0.1, 0.15) is 48.6 Å².